The summed E-state index contributed by atoms with van der Waals surface area (Å²) in [6, 6.07) is 0. The van der Waals surface area contributed by atoms with E-state index in [1.165, 1.54) is 0 Å². The summed E-state index contributed by atoms with van der Waals surface area (Å²) in [7, 11) is 0. The zero-order chi connectivity index (χ0) is 17.8. The van der Waals surface area contributed by atoms with Crippen LogP contribution < -0.4 is 0 Å². The highest BCUT2D eigenvalue weighted by atomic mass is 16.7. The molecule has 0 aromatic rings. The SMILES string of the molecule is OC[C@H]1O[C@@H]([C@H](O)[C@]23O[C@H]2[C@H](O)O[C@H](CO)[C@@H]3O)[C@H](O)[C@@H](O)[C@@H]1O. The monoisotopic (exact) mass is 354 g/mol. The van der Waals surface area contributed by atoms with Crippen LogP contribution in [0.15, 0.2) is 0 Å². The lowest BCUT2D eigenvalue weighted by atomic mass is 9.80. The summed E-state index contributed by atoms with van der Waals surface area (Å²) in [6.45, 7) is -1.34. The van der Waals surface area contributed by atoms with Gasteiger partial charge in [-0.25, -0.2) is 0 Å². The Morgan fingerprint density at radius 1 is 0.833 bits per heavy atom. The molecule has 3 heterocycles. The Morgan fingerprint density at radius 2 is 1.46 bits per heavy atom. The molecule has 0 spiro atoms. The summed E-state index contributed by atoms with van der Waals surface area (Å²) < 4.78 is 15.4. The van der Waals surface area contributed by atoms with E-state index in [2.05, 4.69) is 0 Å². The molecule has 3 fully saturated rings. The number of hydrogen-bond donors (Lipinski definition) is 8. The minimum Gasteiger partial charge on any atom is -0.394 e. The summed E-state index contributed by atoms with van der Waals surface area (Å²) in [5.41, 5.74) is -1.78. The van der Waals surface area contributed by atoms with E-state index < -0.39 is 80.0 Å². The molecule has 11 nitrogen and oxygen atoms in total. The van der Waals surface area contributed by atoms with Gasteiger partial charge in [-0.05, 0) is 0 Å². The van der Waals surface area contributed by atoms with E-state index >= 15 is 0 Å². The van der Waals surface area contributed by atoms with Crippen LogP contribution in [0.1, 0.15) is 0 Å². The molecule has 3 saturated heterocycles. The molecule has 140 valence electrons. The smallest absolute Gasteiger partial charge is 0.184 e. The summed E-state index contributed by atoms with van der Waals surface area (Å²) in [5.74, 6) is 0. The van der Waals surface area contributed by atoms with Crippen molar-refractivity contribution in [1.82, 2.24) is 0 Å². The van der Waals surface area contributed by atoms with Gasteiger partial charge in [0.1, 0.15) is 54.9 Å². The van der Waals surface area contributed by atoms with Gasteiger partial charge >= 0.3 is 0 Å². The predicted octanol–water partition coefficient (Wildman–Crippen LogP) is -5.60. The summed E-state index contributed by atoms with van der Waals surface area (Å²) in [5, 5.41) is 78.7. The highest BCUT2D eigenvalue weighted by Crippen LogP contribution is 2.51. The van der Waals surface area contributed by atoms with Crippen molar-refractivity contribution in [3.05, 3.63) is 0 Å². The lowest BCUT2D eigenvalue weighted by Gasteiger charge is -2.45. The van der Waals surface area contributed by atoms with Gasteiger partial charge < -0.3 is 55.1 Å². The quantitative estimate of drug-likeness (QED) is 0.224. The Morgan fingerprint density at radius 3 is 2.04 bits per heavy atom. The van der Waals surface area contributed by atoms with Crippen LogP contribution in [0, 0.1) is 0 Å². The Hall–Kier alpha value is -0.440. The van der Waals surface area contributed by atoms with Gasteiger partial charge in [0.15, 0.2) is 11.9 Å². The highest BCUT2D eigenvalue weighted by Gasteiger charge is 2.75. The molecule has 0 aromatic heterocycles. The van der Waals surface area contributed by atoms with Gasteiger partial charge in [-0.3, -0.25) is 0 Å². The Bertz CT molecular complexity index is 461. The average molecular weight is 354 g/mol. The second-order valence-electron chi connectivity index (χ2n) is 6.32. The van der Waals surface area contributed by atoms with Crippen molar-refractivity contribution in [1.29, 1.82) is 0 Å². The standard InChI is InChI=1S/C13H22O11/c14-1-3-5(16)6(17)7(18)8(22-3)10(20)13-9(19)4(2-15)23-12(21)11(13)24-13/h3-12,14-21H,1-2H2/t3-,4-,5-,6+,7-,8-,9+,10+,11+,12-,13+/m1/s1. The first-order chi connectivity index (χ1) is 11.3. The maximum atomic E-state index is 10.6. The van der Waals surface area contributed by atoms with Crippen LogP contribution in [-0.2, 0) is 14.2 Å². The van der Waals surface area contributed by atoms with Gasteiger partial charge in [0.2, 0.25) is 0 Å². The van der Waals surface area contributed by atoms with E-state index in [9.17, 15) is 40.9 Å². The fourth-order valence-electron chi connectivity index (χ4n) is 3.52. The molecule has 8 N–H and O–H groups in total. The molecule has 0 aromatic carbocycles. The third kappa shape index (κ3) is 2.48. The van der Waals surface area contributed by atoms with E-state index in [1.54, 1.807) is 0 Å². The lowest BCUT2D eigenvalue weighted by Crippen LogP contribution is -2.67. The first-order valence-corrected chi connectivity index (χ1v) is 7.58. The molecule has 0 bridgehead atoms. The van der Waals surface area contributed by atoms with Crippen LogP contribution >= 0.6 is 0 Å². The molecule has 24 heavy (non-hydrogen) atoms. The summed E-state index contributed by atoms with van der Waals surface area (Å²) in [4.78, 5) is 0. The normalized spacial score (nSPS) is 55.8. The molecular formula is C13H22O11. The highest BCUT2D eigenvalue weighted by molar-refractivity contribution is 5.20. The molecule has 0 unspecified atom stereocenters. The van der Waals surface area contributed by atoms with Gasteiger partial charge in [0.25, 0.3) is 0 Å². The number of rotatable bonds is 4. The third-order valence-electron chi connectivity index (χ3n) is 4.99. The van der Waals surface area contributed by atoms with Gasteiger partial charge in [-0.15, -0.1) is 0 Å². The fourth-order valence-corrected chi connectivity index (χ4v) is 3.52. The Kier molecular flexibility index (Phi) is 4.87. The van der Waals surface area contributed by atoms with Gasteiger partial charge in [-0.1, -0.05) is 0 Å². The van der Waals surface area contributed by atoms with E-state index in [1.807, 2.05) is 0 Å². The molecule has 11 heteroatoms. The van der Waals surface area contributed by atoms with Crippen LogP contribution in [0.3, 0.4) is 0 Å². The second kappa shape index (κ2) is 6.37. The predicted molar refractivity (Wildman–Crippen MR) is 71.4 cm³/mol. The van der Waals surface area contributed by atoms with Crippen molar-refractivity contribution >= 4 is 0 Å². The minimum absolute atomic E-state index is 0.655. The zero-order valence-corrected chi connectivity index (χ0v) is 12.5. The minimum atomic E-state index is -1.78. The number of ether oxygens (including phenoxy) is 3. The van der Waals surface area contributed by atoms with Crippen LogP contribution in [0.5, 0.6) is 0 Å². The number of fused-ring (bicyclic) bond motifs is 1. The molecule has 3 rings (SSSR count). The first kappa shape index (κ1) is 18.4. The van der Waals surface area contributed by atoms with Crippen LogP contribution in [-0.4, -0.2) is 121 Å². The Labute approximate surface area is 136 Å². The molecule has 0 aliphatic carbocycles. The molecular weight excluding hydrogens is 332 g/mol. The zero-order valence-electron chi connectivity index (χ0n) is 12.5. The van der Waals surface area contributed by atoms with Gasteiger partial charge in [0, 0.05) is 0 Å². The summed E-state index contributed by atoms with van der Waals surface area (Å²) >= 11 is 0. The van der Waals surface area contributed by atoms with Gasteiger partial charge in [0.05, 0.1) is 13.2 Å². The molecule has 11 atom stereocenters. The van der Waals surface area contributed by atoms with Crippen molar-refractivity contribution < 1.29 is 55.1 Å². The lowest BCUT2D eigenvalue weighted by molar-refractivity contribution is -0.268. The number of aliphatic hydroxyl groups excluding tert-OH is 8. The van der Waals surface area contributed by atoms with E-state index in [0.717, 1.165) is 0 Å². The maximum Gasteiger partial charge on any atom is 0.184 e. The van der Waals surface area contributed by atoms with Crippen LogP contribution in [0.2, 0.25) is 0 Å². The van der Waals surface area contributed by atoms with Crippen molar-refractivity contribution in [2.45, 2.75) is 66.8 Å². The molecule has 0 saturated carbocycles. The third-order valence-corrected chi connectivity index (χ3v) is 4.99. The number of aliphatic hydroxyl groups is 8. The topological polar surface area (TPSA) is 193 Å². The molecule has 0 amide bonds. The maximum absolute atomic E-state index is 10.6. The first-order valence-electron chi connectivity index (χ1n) is 7.58. The largest absolute Gasteiger partial charge is 0.394 e. The van der Waals surface area contributed by atoms with Crippen molar-refractivity contribution in [3.63, 3.8) is 0 Å². The molecule has 0 radical (unpaired) electrons. The van der Waals surface area contributed by atoms with Crippen molar-refractivity contribution in [2.24, 2.45) is 0 Å². The van der Waals surface area contributed by atoms with Crippen LogP contribution in [0.4, 0.5) is 0 Å². The van der Waals surface area contributed by atoms with E-state index in [0.29, 0.717) is 0 Å². The second-order valence-corrected chi connectivity index (χ2v) is 6.32. The van der Waals surface area contributed by atoms with Gasteiger partial charge in [-0.2, -0.15) is 0 Å². The number of epoxide rings is 1. The fraction of sp³-hybridized carbons (Fsp3) is 1.00. The van der Waals surface area contributed by atoms with E-state index in [4.69, 9.17) is 14.2 Å². The summed E-state index contributed by atoms with van der Waals surface area (Å²) in [6.07, 6.45) is -15.0. The van der Waals surface area contributed by atoms with E-state index in [-0.39, 0.29) is 0 Å². The molecule has 3 aliphatic rings. The Balaban J connectivity index is 1.84. The van der Waals surface area contributed by atoms with Crippen molar-refractivity contribution in [3.8, 4) is 0 Å². The number of hydrogen-bond acceptors (Lipinski definition) is 11. The van der Waals surface area contributed by atoms with Crippen molar-refractivity contribution in [2.75, 3.05) is 13.2 Å². The van der Waals surface area contributed by atoms with Crippen LogP contribution in [0.25, 0.3) is 0 Å². The molecule has 3 aliphatic heterocycles. The average Bonchev–Trinajstić information content (AvgIpc) is 3.34.